The van der Waals surface area contributed by atoms with E-state index in [4.69, 9.17) is 21.9 Å². The van der Waals surface area contributed by atoms with Crippen LogP contribution >= 0.6 is 11.6 Å². The molecular weight excluding hydrogens is 219 g/mol. The zero-order chi connectivity index (χ0) is 11.0. The Bertz CT molecular complexity index is 510. The van der Waals surface area contributed by atoms with Gasteiger partial charge in [0, 0.05) is 5.56 Å². The first-order valence-corrected chi connectivity index (χ1v) is 4.64. The fraction of sp³-hybridized carbons (Fsp3) is 0.100. The molecule has 1 aromatic carbocycles. The van der Waals surface area contributed by atoms with Gasteiger partial charge in [-0.25, -0.2) is 4.39 Å². The molecule has 0 unspecified atom stereocenters. The number of aromatic nitrogens is 1. The SMILES string of the molecule is Cc1cc(-c2onc(N)c2Cl)ccc1F. The summed E-state index contributed by atoms with van der Waals surface area (Å²) in [6.45, 7) is 1.66. The molecule has 0 aliphatic rings. The smallest absolute Gasteiger partial charge is 0.187 e. The van der Waals surface area contributed by atoms with Crippen LogP contribution in [0.15, 0.2) is 22.7 Å². The molecule has 15 heavy (non-hydrogen) atoms. The average molecular weight is 227 g/mol. The number of rotatable bonds is 1. The number of halogens is 2. The zero-order valence-corrected chi connectivity index (χ0v) is 8.68. The minimum atomic E-state index is -0.276. The second kappa shape index (κ2) is 3.55. The molecule has 2 N–H and O–H groups in total. The highest BCUT2D eigenvalue weighted by molar-refractivity contribution is 6.35. The van der Waals surface area contributed by atoms with Crippen molar-refractivity contribution < 1.29 is 8.91 Å². The third-order valence-electron chi connectivity index (χ3n) is 2.08. The van der Waals surface area contributed by atoms with Crippen LogP contribution in [0.1, 0.15) is 5.56 Å². The molecule has 0 atom stereocenters. The Hall–Kier alpha value is -1.55. The lowest BCUT2D eigenvalue weighted by Crippen LogP contribution is -1.85. The highest BCUT2D eigenvalue weighted by Gasteiger charge is 2.14. The molecule has 3 nitrogen and oxygen atoms in total. The number of hydrogen-bond donors (Lipinski definition) is 1. The predicted molar refractivity (Wildman–Crippen MR) is 56.1 cm³/mol. The number of nitrogens with zero attached hydrogens (tertiary/aromatic N) is 1. The van der Waals surface area contributed by atoms with Gasteiger partial charge in [0.2, 0.25) is 0 Å². The molecule has 0 aliphatic carbocycles. The molecule has 0 bridgehead atoms. The standard InChI is InChI=1S/C10H8ClFN2O/c1-5-4-6(2-3-7(5)12)9-8(11)10(13)14-15-9/h2-4H,1H3,(H2,13,14). The van der Waals surface area contributed by atoms with Gasteiger partial charge in [-0.15, -0.1) is 0 Å². The molecule has 1 aromatic heterocycles. The summed E-state index contributed by atoms with van der Waals surface area (Å²) in [4.78, 5) is 0. The molecule has 0 saturated heterocycles. The first kappa shape index (κ1) is 9.98. The van der Waals surface area contributed by atoms with Crippen LogP contribution in [0.25, 0.3) is 11.3 Å². The molecule has 78 valence electrons. The number of nitrogens with two attached hydrogens (primary N) is 1. The summed E-state index contributed by atoms with van der Waals surface area (Å²) in [5, 5.41) is 3.77. The minimum Gasteiger partial charge on any atom is -0.380 e. The minimum absolute atomic E-state index is 0.133. The lowest BCUT2D eigenvalue weighted by molar-refractivity contribution is 0.435. The monoisotopic (exact) mass is 226 g/mol. The molecule has 0 radical (unpaired) electrons. The van der Waals surface area contributed by atoms with Crippen LogP contribution in [0.5, 0.6) is 0 Å². The lowest BCUT2D eigenvalue weighted by Gasteiger charge is -1.99. The van der Waals surface area contributed by atoms with Gasteiger partial charge in [0.05, 0.1) is 0 Å². The lowest BCUT2D eigenvalue weighted by atomic mass is 10.1. The number of aryl methyl sites for hydroxylation is 1. The fourth-order valence-corrected chi connectivity index (χ4v) is 1.43. The van der Waals surface area contributed by atoms with Crippen molar-refractivity contribution in [2.24, 2.45) is 0 Å². The molecule has 0 amide bonds. The zero-order valence-electron chi connectivity index (χ0n) is 7.92. The first-order chi connectivity index (χ1) is 7.09. The first-order valence-electron chi connectivity index (χ1n) is 4.26. The summed E-state index contributed by atoms with van der Waals surface area (Å²) in [7, 11) is 0. The largest absolute Gasteiger partial charge is 0.380 e. The normalized spacial score (nSPS) is 10.6. The Balaban J connectivity index is 2.55. The highest BCUT2D eigenvalue weighted by Crippen LogP contribution is 2.32. The maximum Gasteiger partial charge on any atom is 0.187 e. The maximum absolute atomic E-state index is 13.0. The van der Waals surface area contributed by atoms with Gasteiger partial charge in [-0.1, -0.05) is 16.8 Å². The third kappa shape index (κ3) is 1.68. The Labute approximate surface area is 90.6 Å². The van der Waals surface area contributed by atoms with E-state index in [9.17, 15) is 4.39 Å². The summed E-state index contributed by atoms with van der Waals surface area (Å²) in [5.74, 6) is 0.216. The van der Waals surface area contributed by atoms with Crippen molar-refractivity contribution in [3.05, 3.63) is 34.6 Å². The summed E-state index contributed by atoms with van der Waals surface area (Å²) >= 11 is 5.86. The second-order valence-electron chi connectivity index (χ2n) is 3.17. The van der Waals surface area contributed by atoms with Crippen LogP contribution in [0, 0.1) is 12.7 Å². The van der Waals surface area contributed by atoms with Crippen LogP contribution < -0.4 is 5.73 Å². The topological polar surface area (TPSA) is 52.0 Å². The van der Waals surface area contributed by atoms with Crippen molar-refractivity contribution in [2.75, 3.05) is 5.73 Å². The molecule has 0 aliphatic heterocycles. The van der Waals surface area contributed by atoms with E-state index in [1.165, 1.54) is 6.07 Å². The van der Waals surface area contributed by atoms with E-state index in [0.29, 0.717) is 16.9 Å². The predicted octanol–water partition coefficient (Wildman–Crippen LogP) is 3.02. The summed E-state index contributed by atoms with van der Waals surface area (Å²) < 4.78 is 18.0. The van der Waals surface area contributed by atoms with Crippen LogP contribution in [-0.4, -0.2) is 5.16 Å². The molecule has 0 fully saturated rings. The average Bonchev–Trinajstić information content (AvgIpc) is 2.53. The van der Waals surface area contributed by atoms with Crippen LogP contribution in [0.3, 0.4) is 0 Å². The highest BCUT2D eigenvalue weighted by atomic mass is 35.5. The van der Waals surface area contributed by atoms with E-state index < -0.39 is 0 Å². The maximum atomic E-state index is 13.0. The van der Waals surface area contributed by atoms with E-state index in [2.05, 4.69) is 5.16 Å². The summed E-state index contributed by atoms with van der Waals surface area (Å²) in [6, 6.07) is 4.54. The van der Waals surface area contributed by atoms with E-state index in [1.807, 2.05) is 0 Å². The molecule has 0 spiro atoms. The Morgan fingerprint density at radius 3 is 2.73 bits per heavy atom. The molecule has 0 saturated carbocycles. The third-order valence-corrected chi connectivity index (χ3v) is 2.44. The van der Waals surface area contributed by atoms with Crippen molar-refractivity contribution in [3.8, 4) is 11.3 Å². The van der Waals surface area contributed by atoms with Crippen molar-refractivity contribution in [2.45, 2.75) is 6.92 Å². The number of benzene rings is 1. The molecule has 5 heteroatoms. The van der Waals surface area contributed by atoms with Gasteiger partial charge in [-0.05, 0) is 30.7 Å². The Morgan fingerprint density at radius 2 is 2.20 bits per heavy atom. The molecule has 2 rings (SSSR count). The van der Waals surface area contributed by atoms with Gasteiger partial charge in [0.25, 0.3) is 0 Å². The van der Waals surface area contributed by atoms with Gasteiger partial charge < -0.3 is 10.3 Å². The van der Waals surface area contributed by atoms with Gasteiger partial charge in [0.15, 0.2) is 11.6 Å². The molecular formula is C10H8ClFN2O. The van der Waals surface area contributed by atoms with Crippen molar-refractivity contribution in [1.29, 1.82) is 0 Å². The molecule has 1 heterocycles. The van der Waals surface area contributed by atoms with Crippen molar-refractivity contribution in [1.82, 2.24) is 5.16 Å². The molecule has 2 aromatic rings. The number of hydrogen-bond acceptors (Lipinski definition) is 3. The number of anilines is 1. The van der Waals surface area contributed by atoms with Crippen LogP contribution in [-0.2, 0) is 0 Å². The quantitative estimate of drug-likeness (QED) is 0.813. The van der Waals surface area contributed by atoms with E-state index >= 15 is 0 Å². The van der Waals surface area contributed by atoms with Gasteiger partial charge in [-0.3, -0.25) is 0 Å². The summed E-state index contributed by atoms with van der Waals surface area (Å²) in [6.07, 6.45) is 0. The van der Waals surface area contributed by atoms with Crippen molar-refractivity contribution in [3.63, 3.8) is 0 Å². The van der Waals surface area contributed by atoms with E-state index in [1.54, 1.807) is 19.1 Å². The number of nitrogen functional groups attached to an aromatic ring is 1. The van der Waals surface area contributed by atoms with E-state index in [0.717, 1.165) is 0 Å². The second-order valence-corrected chi connectivity index (χ2v) is 3.55. The van der Waals surface area contributed by atoms with E-state index in [-0.39, 0.29) is 16.7 Å². The Morgan fingerprint density at radius 1 is 1.47 bits per heavy atom. The fourth-order valence-electron chi connectivity index (χ4n) is 1.26. The van der Waals surface area contributed by atoms with Gasteiger partial charge in [0.1, 0.15) is 10.8 Å². The van der Waals surface area contributed by atoms with Crippen LogP contribution in [0.4, 0.5) is 10.2 Å². The Kier molecular flexibility index (Phi) is 2.36. The van der Waals surface area contributed by atoms with Gasteiger partial charge >= 0.3 is 0 Å². The van der Waals surface area contributed by atoms with Crippen LogP contribution in [0.2, 0.25) is 5.02 Å². The van der Waals surface area contributed by atoms with Gasteiger partial charge in [-0.2, -0.15) is 0 Å². The van der Waals surface area contributed by atoms with Crippen molar-refractivity contribution >= 4 is 17.4 Å². The summed E-state index contributed by atoms with van der Waals surface area (Å²) in [5.41, 5.74) is 6.60.